The Hall–Kier alpha value is -2.36. The Bertz CT molecular complexity index is 1090. The maximum Gasteiger partial charge on any atom is 0.395 e. The lowest BCUT2D eigenvalue weighted by Gasteiger charge is -2.29. The van der Waals surface area contributed by atoms with Gasteiger partial charge in [-0.05, 0) is 63.2 Å². The number of nitrogens with one attached hydrogen (secondary N) is 2. The standard InChI is InChI=1S/C25H29Cl2F3N4O2/c1-31-23(36)16-5-4-15(20(27)11-16)10-18(34(2)3)14-33-22(35)12-19(21-7-6-17(26)13-32-21)24(8-9-24)25(28,29)30/h4-7,11,13,18-19H,8-10,12,14H2,1-3H3,(H,31,36)(H,33,35). The Kier molecular flexibility index (Phi) is 8.90. The van der Waals surface area contributed by atoms with Gasteiger partial charge in [-0.2, -0.15) is 13.2 Å². The van der Waals surface area contributed by atoms with E-state index in [1.807, 2.05) is 19.0 Å². The van der Waals surface area contributed by atoms with Crippen molar-refractivity contribution < 1.29 is 22.8 Å². The summed E-state index contributed by atoms with van der Waals surface area (Å²) < 4.78 is 41.8. The number of pyridine rings is 1. The number of hydrogen-bond donors (Lipinski definition) is 2. The van der Waals surface area contributed by atoms with Crippen LogP contribution in [0.25, 0.3) is 0 Å². The minimum absolute atomic E-state index is 0.0381. The van der Waals surface area contributed by atoms with Gasteiger partial charge in [-0.25, -0.2) is 0 Å². The van der Waals surface area contributed by atoms with E-state index < -0.39 is 23.4 Å². The van der Waals surface area contributed by atoms with Crippen molar-refractivity contribution in [1.82, 2.24) is 20.5 Å². The first-order chi connectivity index (χ1) is 16.9. The number of rotatable bonds is 10. The first-order valence-corrected chi connectivity index (χ1v) is 12.3. The van der Waals surface area contributed by atoms with E-state index in [9.17, 15) is 22.8 Å². The van der Waals surface area contributed by atoms with Crippen LogP contribution >= 0.6 is 23.2 Å². The summed E-state index contributed by atoms with van der Waals surface area (Å²) in [5.74, 6) is -1.84. The molecule has 0 aliphatic heterocycles. The maximum atomic E-state index is 13.9. The maximum absolute atomic E-state index is 13.9. The van der Waals surface area contributed by atoms with E-state index in [1.54, 1.807) is 18.2 Å². The zero-order valence-corrected chi connectivity index (χ0v) is 21.8. The molecular weight excluding hydrogens is 516 g/mol. The third-order valence-corrected chi connectivity index (χ3v) is 7.36. The van der Waals surface area contributed by atoms with Crippen molar-refractivity contribution in [3.05, 3.63) is 63.4 Å². The Morgan fingerprint density at radius 3 is 2.36 bits per heavy atom. The van der Waals surface area contributed by atoms with Crippen LogP contribution in [0.2, 0.25) is 10.0 Å². The molecule has 2 atom stereocenters. The van der Waals surface area contributed by atoms with Gasteiger partial charge < -0.3 is 15.5 Å². The summed E-state index contributed by atoms with van der Waals surface area (Å²) in [5.41, 5.74) is -0.529. The van der Waals surface area contributed by atoms with Gasteiger partial charge in [-0.15, -0.1) is 0 Å². The third-order valence-electron chi connectivity index (χ3n) is 6.78. The summed E-state index contributed by atoms with van der Waals surface area (Å²) >= 11 is 12.2. The molecule has 11 heteroatoms. The number of halogens is 5. The topological polar surface area (TPSA) is 74.3 Å². The molecule has 1 aromatic carbocycles. The molecule has 0 bridgehead atoms. The molecule has 0 spiro atoms. The predicted octanol–water partition coefficient (Wildman–Crippen LogP) is 4.85. The van der Waals surface area contributed by atoms with E-state index in [0.29, 0.717) is 22.0 Å². The van der Waals surface area contributed by atoms with E-state index in [0.717, 1.165) is 5.56 Å². The lowest BCUT2D eigenvalue weighted by atomic mass is 9.82. The number of hydrogen-bond acceptors (Lipinski definition) is 4. The van der Waals surface area contributed by atoms with Crippen molar-refractivity contribution in [2.24, 2.45) is 5.41 Å². The van der Waals surface area contributed by atoms with Crippen LogP contribution in [0.5, 0.6) is 0 Å². The number of likely N-dealkylation sites (N-methyl/N-ethyl adjacent to an activating group) is 1. The van der Waals surface area contributed by atoms with Crippen LogP contribution < -0.4 is 10.6 Å². The number of aromatic nitrogens is 1. The molecule has 1 heterocycles. The molecule has 3 rings (SSSR count). The van der Waals surface area contributed by atoms with Gasteiger partial charge in [-0.1, -0.05) is 29.3 Å². The van der Waals surface area contributed by atoms with E-state index >= 15 is 0 Å². The molecule has 36 heavy (non-hydrogen) atoms. The summed E-state index contributed by atoms with van der Waals surface area (Å²) in [4.78, 5) is 30.7. The molecule has 6 nitrogen and oxygen atoms in total. The fourth-order valence-electron chi connectivity index (χ4n) is 4.32. The minimum Gasteiger partial charge on any atom is -0.355 e. The number of alkyl halides is 3. The molecule has 1 saturated carbocycles. The first kappa shape index (κ1) is 28.2. The monoisotopic (exact) mass is 544 g/mol. The molecule has 196 valence electrons. The quantitative estimate of drug-likeness (QED) is 0.448. The van der Waals surface area contributed by atoms with Gasteiger partial charge in [0.05, 0.1) is 10.4 Å². The fraction of sp³-hybridized carbons (Fsp3) is 0.480. The summed E-state index contributed by atoms with van der Waals surface area (Å²) in [5, 5.41) is 6.07. The molecule has 2 N–H and O–H groups in total. The second-order valence-corrected chi connectivity index (χ2v) is 10.2. The number of carbonyl (C=O) groups is 2. The van der Waals surface area contributed by atoms with Crippen LogP contribution in [0.4, 0.5) is 13.2 Å². The molecular formula is C25H29Cl2F3N4O2. The van der Waals surface area contributed by atoms with Crippen LogP contribution in [0.3, 0.4) is 0 Å². The molecule has 2 amide bonds. The van der Waals surface area contributed by atoms with Gasteiger partial charge in [0, 0.05) is 54.4 Å². The van der Waals surface area contributed by atoms with Gasteiger partial charge in [0.2, 0.25) is 5.91 Å². The Balaban J connectivity index is 1.70. The summed E-state index contributed by atoms with van der Waals surface area (Å²) in [6.45, 7) is 0.207. The number of amides is 2. The number of carbonyl (C=O) groups excluding carboxylic acids is 2. The highest BCUT2D eigenvalue weighted by molar-refractivity contribution is 6.31. The highest BCUT2D eigenvalue weighted by Gasteiger charge is 2.67. The molecule has 1 aliphatic rings. The van der Waals surface area contributed by atoms with E-state index in [2.05, 4.69) is 15.6 Å². The Morgan fingerprint density at radius 1 is 1.17 bits per heavy atom. The van der Waals surface area contributed by atoms with Crippen molar-refractivity contribution in [3.63, 3.8) is 0 Å². The fourth-order valence-corrected chi connectivity index (χ4v) is 4.69. The molecule has 1 aliphatic carbocycles. The summed E-state index contributed by atoms with van der Waals surface area (Å²) in [6.07, 6.45) is -3.09. The SMILES string of the molecule is CNC(=O)c1ccc(CC(CNC(=O)CC(c2ccc(Cl)cn2)C2(C(F)(F)F)CC2)N(C)C)c(Cl)c1. The summed E-state index contributed by atoms with van der Waals surface area (Å²) in [6, 6.07) is 7.77. The van der Waals surface area contributed by atoms with Crippen LogP contribution in [-0.2, 0) is 11.2 Å². The molecule has 1 fully saturated rings. The van der Waals surface area contributed by atoms with Crippen LogP contribution in [0, 0.1) is 5.41 Å². The highest BCUT2D eigenvalue weighted by Crippen LogP contribution is 2.65. The largest absolute Gasteiger partial charge is 0.395 e. The normalized spacial score (nSPS) is 16.4. The molecule has 1 aromatic heterocycles. The number of nitrogens with zero attached hydrogens (tertiary/aromatic N) is 2. The van der Waals surface area contributed by atoms with E-state index in [4.69, 9.17) is 23.2 Å². The Morgan fingerprint density at radius 2 is 1.86 bits per heavy atom. The Labute approximate surface area is 218 Å². The summed E-state index contributed by atoms with van der Waals surface area (Å²) in [7, 11) is 5.21. The zero-order chi connectivity index (χ0) is 26.7. The second kappa shape index (κ2) is 11.4. The first-order valence-electron chi connectivity index (χ1n) is 11.5. The lowest BCUT2D eigenvalue weighted by Crippen LogP contribution is -2.43. The van der Waals surface area contributed by atoms with Gasteiger partial charge in [0.25, 0.3) is 5.91 Å². The molecule has 0 saturated heterocycles. The van der Waals surface area contributed by atoms with Crippen molar-refractivity contribution in [2.75, 3.05) is 27.7 Å². The van der Waals surface area contributed by atoms with Crippen molar-refractivity contribution in [3.8, 4) is 0 Å². The van der Waals surface area contributed by atoms with E-state index in [-0.39, 0.29) is 43.5 Å². The van der Waals surface area contributed by atoms with Gasteiger partial charge in [0.15, 0.2) is 0 Å². The second-order valence-electron chi connectivity index (χ2n) is 9.32. The molecule has 2 unspecified atom stereocenters. The van der Waals surface area contributed by atoms with Gasteiger partial charge in [-0.3, -0.25) is 14.6 Å². The van der Waals surface area contributed by atoms with E-state index in [1.165, 1.54) is 25.4 Å². The van der Waals surface area contributed by atoms with Gasteiger partial charge >= 0.3 is 6.18 Å². The lowest BCUT2D eigenvalue weighted by molar-refractivity contribution is -0.195. The predicted molar refractivity (Wildman–Crippen MR) is 133 cm³/mol. The third kappa shape index (κ3) is 6.49. The van der Waals surface area contributed by atoms with Crippen LogP contribution in [-0.4, -0.2) is 61.6 Å². The average molecular weight is 545 g/mol. The van der Waals surface area contributed by atoms with Crippen LogP contribution in [0.15, 0.2) is 36.5 Å². The minimum atomic E-state index is -4.44. The van der Waals surface area contributed by atoms with Gasteiger partial charge in [0.1, 0.15) is 0 Å². The molecule has 0 radical (unpaired) electrons. The zero-order valence-electron chi connectivity index (χ0n) is 20.3. The smallest absolute Gasteiger partial charge is 0.355 e. The van der Waals surface area contributed by atoms with Crippen molar-refractivity contribution in [2.45, 2.75) is 43.8 Å². The van der Waals surface area contributed by atoms with Crippen LogP contribution in [0.1, 0.15) is 46.8 Å². The van der Waals surface area contributed by atoms with Crippen molar-refractivity contribution >= 4 is 35.0 Å². The average Bonchev–Trinajstić information content (AvgIpc) is 3.63. The van der Waals surface area contributed by atoms with Crippen molar-refractivity contribution in [1.29, 1.82) is 0 Å². The highest BCUT2D eigenvalue weighted by atomic mass is 35.5. The number of benzene rings is 1. The molecule has 2 aromatic rings.